The fourth-order valence-corrected chi connectivity index (χ4v) is 9.21. The third-order valence-electron chi connectivity index (χ3n) is 11.9. The van der Waals surface area contributed by atoms with Crippen molar-refractivity contribution in [3.8, 4) is 78.0 Å². The zero-order chi connectivity index (χ0) is 39.8. The summed E-state index contributed by atoms with van der Waals surface area (Å²) in [4.78, 5) is 5.04. The molecule has 0 atom stereocenters. The fraction of sp³-hybridized carbons (Fsp3) is 0. The van der Waals surface area contributed by atoms with Gasteiger partial charge >= 0.3 is 0 Å². The number of hydrogen-bond acceptors (Lipinski definition) is 1. The van der Waals surface area contributed by atoms with E-state index in [1.165, 1.54) is 93.7 Å². The second-order valence-corrected chi connectivity index (χ2v) is 15.4. The molecule has 0 aliphatic rings. The molecular formula is C59H39N. The molecule has 0 N–H and O–H groups in total. The summed E-state index contributed by atoms with van der Waals surface area (Å²) in [6.07, 6.45) is 2.00. The number of fused-ring (bicyclic) bond motifs is 3. The summed E-state index contributed by atoms with van der Waals surface area (Å²) in [6, 6.07) is 83.6. The minimum Gasteiger partial charge on any atom is -0.256 e. The quantitative estimate of drug-likeness (QED) is 0.147. The largest absolute Gasteiger partial charge is 0.256 e. The van der Waals surface area contributed by atoms with E-state index in [9.17, 15) is 0 Å². The van der Waals surface area contributed by atoms with Crippen LogP contribution in [0.4, 0.5) is 0 Å². The Bertz CT molecular complexity index is 3260. The average molecular weight is 762 g/mol. The van der Waals surface area contributed by atoms with Gasteiger partial charge in [0.05, 0.1) is 5.69 Å². The second-order valence-electron chi connectivity index (χ2n) is 15.4. The Labute approximate surface area is 350 Å². The Hall–Kier alpha value is -7.87. The molecule has 0 saturated heterocycles. The van der Waals surface area contributed by atoms with Gasteiger partial charge in [0.1, 0.15) is 0 Å². The molecule has 60 heavy (non-hydrogen) atoms. The van der Waals surface area contributed by atoms with Crippen molar-refractivity contribution in [2.45, 2.75) is 0 Å². The highest BCUT2D eigenvalue weighted by Crippen LogP contribution is 2.51. The second kappa shape index (κ2) is 15.1. The standard InChI is InChI=1S/C59H39N/c1-5-19-40(20-6-1)52-38-53(57(43-23-9-3-10-24-43)58(44-25-11-4-12-26-44)56(52)42-21-7-2-8-22-42)41-33-35-45(36-34-41)55-48-29-15-17-31-50(48)59(51-32-18-16-30-49(51)55)54-37-46-27-13-14-28-47(46)39-60-54/h1-39H. The van der Waals surface area contributed by atoms with Crippen LogP contribution in [0.5, 0.6) is 0 Å². The molecule has 0 saturated carbocycles. The minimum absolute atomic E-state index is 0.985. The summed E-state index contributed by atoms with van der Waals surface area (Å²) in [6.45, 7) is 0. The molecule has 0 spiro atoms. The molecule has 1 heteroatoms. The molecule has 280 valence electrons. The van der Waals surface area contributed by atoms with E-state index in [4.69, 9.17) is 4.98 Å². The van der Waals surface area contributed by atoms with Crippen molar-refractivity contribution in [1.29, 1.82) is 0 Å². The van der Waals surface area contributed by atoms with Gasteiger partial charge in [-0.05, 0) is 106 Å². The predicted octanol–water partition coefficient (Wildman–Crippen LogP) is 16.2. The summed E-state index contributed by atoms with van der Waals surface area (Å²) in [5, 5.41) is 7.14. The van der Waals surface area contributed by atoms with Crippen LogP contribution in [0.1, 0.15) is 0 Å². The SMILES string of the molecule is c1ccc(-c2cc(-c3ccc(-c4c5ccccc5c(-c5cc6ccccc6cn5)c5ccccc45)cc3)c(-c3ccccc3)c(-c3ccccc3)c2-c2ccccc2)cc1. The maximum atomic E-state index is 5.04. The molecule has 1 nitrogen and oxygen atoms in total. The summed E-state index contributed by atoms with van der Waals surface area (Å²) < 4.78 is 0. The number of nitrogens with zero attached hydrogens (tertiary/aromatic N) is 1. The summed E-state index contributed by atoms with van der Waals surface area (Å²) in [5.74, 6) is 0. The van der Waals surface area contributed by atoms with Crippen molar-refractivity contribution >= 4 is 32.3 Å². The van der Waals surface area contributed by atoms with Crippen LogP contribution < -0.4 is 0 Å². The van der Waals surface area contributed by atoms with Crippen molar-refractivity contribution in [3.63, 3.8) is 0 Å². The molecule has 0 bridgehead atoms. The smallest absolute Gasteiger partial charge is 0.0720 e. The lowest BCUT2D eigenvalue weighted by Crippen LogP contribution is -1.98. The molecule has 11 aromatic rings. The lowest BCUT2D eigenvalue weighted by Gasteiger charge is -2.24. The number of benzene rings is 10. The minimum atomic E-state index is 0.985. The molecule has 11 rings (SSSR count). The first kappa shape index (κ1) is 35.3. The van der Waals surface area contributed by atoms with Crippen LogP contribution in [0, 0.1) is 0 Å². The van der Waals surface area contributed by atoms with E-state index in [2.05, 4.69) is 231 Å². The molecule has 0 amide bonds. The molecular weight excluding hydrogens is 723 g/mol. The van der Waals surface area contributed by atoms with E-state index in [-0.39, 0.29) is 0 Å². The first-order valence-corrected chi connectivity index (χ1v) is 20.6. The highest BCUT2D eigenvalue weighted by atomic mass is 14.7. The van der Waals surface area contributed by atoms with Crippen LogP contribution in [-0.2, 0) is 0 Å². The highest BCUT2D eigenvalue weighted by Gasteiger charge is 2.24. The van der Waals surface area contributed by atoms with Crippen molar-refractivity contribution in [1.82, 2.24) is 4.98 Å². The Morgan fingerprint density at radius 1 is 0.233 bits per heavy atom. The zero-order valence-corrected chi connectivity index (χ0v) is 33.0. The van der Waals surface area contributed by atoms with Gasteiger partial charge in [-0.3, -0.25) is 4.98 Å². The summed E-state index contributed by atoms with van der Waals surface area (Å²) in [7, 11) is 0. The summed E-state index contributed by atoms with van der Waals surface area (Å²) in [5.41, 5.74) is 16.5. The molecule has 0 aliphatic heterocycles. The van der Waals surface area contributed by atoms with Crippen LogP contribution in [-0.4, -0.2) is 4.98 Å². The van der Waals surface area contributed by atoms with Crippen molar-refractivity contribution < 1.29 is 0 Å². The van der Waals surface area contributed by atoms with E-state index in [0.717, 1.165) is 16.6 Å². The van der Waals surface area contributed by atoms with Gasteiger partial charge in [-0.1, -0.05) is 218 Å². The van der Waals surface area contributed by atoms with Gasteiger partial charge in [0.25, 0.3) is 0 Å². The molecule has 0 unspecified atom stereocenters. The third-order valence-corrected chi connectivity index (χ3v) is 11.9. The van der Waals surface area contributed by atoms with Crippen LogP contribution >= 0.6 is 0 Å². The van der Waals surface area contributed by atoms with Gasteiger partial charge in [0, 0.05) is 17.1 Å². The number of rotatable bonds is 7. The molecule has 0 fully saturated rings. The lowest BCUT2D eigenvalue weighted by molar-refractivity contribution is 1.37. The highest BCUT2D eigenvalue weighted by molar-refractivity contribution is 6.21. The maximum absolute atomic E-state index is 5.04. The van der Waals surface area contributed by atoms with Gasteiger partial charge < -0.3 is 0 Å². The Balaban J connectivity index is 1.16. The number of hydrogen-bond donors (Lipinski definition) is 0. The van der Waals surface area contributed by atoms with Crippen molar-refractivity contribution in [3.05, 3.63) is 237 Å². The van der Waals surface area contributed by atoms with E-state index < -0.39 is 0 Å². The van der Waals surface area contributed by atoms with Crippen molar-refractivity contribution in [2.24, 2.45) is 0 Å². The number of pyridine rings is 1. The Kier molecular flexibility index (Phi) is 8.91. The third kappa shape index (κ3) is 6.16. The van der Waals surface area contributed by atoms with Gasteiger partial charge in [-0.15, -0.1) is 0 Å². The maximum Gasteiger partial charge on any atom is 0.0720 e. The number of aromatic nitrogens is 1. The normalized spacial score (nSPS) is 11.3. The summed E-state index contributed by atoms with van der Waals surface area (Å²) >= 11 is 0. The fourth-order valence-electron chi connectivity index (χ4n) is 9.21. The topological polar surface area (TPSA) is 12.9 Å². The first-order valence-electron chi connectivity index (χ1n) is 20.6. The zero-order valence-electron chi connectivity index (χ0n) is 33.0. The van der Waals surface area contributed by atoms with E-state index >= 15 is 0 Å². The molecule has 1 aromatic heterocycles. The van der Waals surface area contributed by atoms with Crippen LogP contribution in [0.3, 0.4) is 0 Å². The predicted molar refractivity (Wildman–Crippen MR) is 255 cm³/mol. The van der Waals surface area contributed by atoms with Crippen molar-refractivity contribution in [2.75, 3.05) is 0 Å². The average Bonchev–Trinajstić information content (AvgIpc) is 3.33. The van der Waals surface area contributed by atoms with E-state index in [1.54, 1.807) is 0 Å². The van der Waals surface area contributed by atoms with Crippen LogP contribution in [0.2, 0.25) is 0 Å². The Morgan fingerprint density at radius 3 is 1.08 bits per heavy atom. The van der Waals surface area contributed by atoms with E-state index in [1.807, 2.05) is 6.20 Å². The van der Waals surface area contributed by atoms with Gasteiger partial charge in [0.2, 0.25) is 0 Å². The van der Waals surface area contributed by atoms with Crippen LogP contribution in [0.15, 0.2) is 237 Å². The molecule has 0 aliphatic carbocycles. The Morgan fingerprint density at radius 2 is 0.583 bits per heavy atom. The van der Waals surface area contributed by atoms with E-state index in [0.29, 0.717) is 0 Å². The molecule has 1 heterocycles. The van der Waals surface area contributed by atoms with Gasteiger partial charge in [0.15, 0.2) is 0 Å². The van der Waals surface area contributed by atoms with Crippen LogP contribution in [0.25, 0.3) is 110 Å². The monoisotopic (exact) mass is 761 g/mol. The molecule has 0 radical (unpaired) electrons. The van der Waals surface area contributed by atoms with Gasteiger partial charge in [-0.2, -0.15) is 0 Å². The molecule has 10 aromatic carbocycles. The lowest BCUT2D eigenvalue weighted by atomic mass is 9.78. The van der Waals surface area contributed by atoms with Gasteiger partial charge in [-0.25, -0.2) is 0 Å². The first-order chi connectivity index (χ1) is 29.8.